The lowest BCUT2D eigenvalue weighted by Gasteiger charge is -2.18. The van der Waals surface area contributed by atoms with Crippen molar-refractivity contribution in [3.05, 3.63) is 47.5 Å². The van der Waals surface area contributed by atoms with Crippen LogP contribution >= 0.6 is 0 Å². The smallest absolute Gasteiger partial charge is 0.230 e. The summed E-state index contributed by atoms with van der Waals surface area (Å²) < 4.78 is 13.2. The fraction of sp³-hybridized carbons (Fsp3) is 0.231. The molecule has 0 fully saturated rings. The zero-order valence-electron chi connectivity index (χ0n) is 10.4. The lowest BCUT2D eigenvalue weighted by atomic mass is 10.3. The lowest BCUT2D eigenvalue weighted by Crippen LogP contribution is -2.15. The summed E-state index contributed by atoms with van der Waals surface area (Å²) in [7, 11) is 1.80. The molecule has 0 aliphatic carbocycles. The molecule has 1 heterocycles. The molecule has 0 amide bonds. The zero-order chi connectivity index (χ0) is 13.1. The van der Waals surface area contributed by atoms with Crippen molar-refractivity contribution < 1.29 is 4.39 Å². The molecule has 1 aromatic heterocycles. The van der Waals surface area contributed by atoms with E-state index in [9.17, 15) is 4.39 Å². The van der Waals surface area contributed by atoms with Gasteiger partial charge in [0.1, 0.15) is 5.82 Å². The third-order valence-electron chi connectivity index (χ3n) is 2.60. The molecule has 0 saturated heterocycles. The summed E-state index contributed by atoms with van der Waals surface area (Å²) in [4.78, 5) is 10.4. The number of nitrogens with zero attached hydrogens (tertiary/aromatic N) is 3. The van der Waals surface area contributed by atoms with Gasteiger partial charge in [-0.05, 0) is 31.2 Å². The molecule has 0 aliphatic heterocycles. The number of aromatic nitrogens is 2. The SMILES string of the molecule is Cc1cc(CN)nc(N(C)c2cccc(F)c2)n1. The Hall–Kier alpha value is -2.01. The van der Waals surface area contributed by atoms with Gasteiger partial charge in [0.2, 0.25) is 5.95 Å². The van der Waals surface area contributed by atoms with Crippen LogP contribution in [0.25, 0.3) is 0 Å². The highest BCUT2D eigenvalue weighted by atomic mass is 19.1. The van der Waals surface area contributed by atoms with Crippen molar-refractivity contribution in [2.45, 2.75) is 13.5 Å². The van der Waals surface area contributed by atoms with Gasteiger partial charge in [0.05, 0.1) is 5.69 Å². The highest BCUT2D eigenvalue weighted by Crippen LogP contribution is 2.21. The Labute approximate surface area is 105 Å². The molecular weight excluding hydrogens is 231 g/mol. The van der Waals surface area contributed by atoms with E-state index >= 15 is 0 Å². The maximum atomic E-state index is 13.2. The summed E-state index contributed by atoms with van der Waals surface area (Å²) in [5.74, 6) is 0.229. The summed E-state index contributed by atoms with van der Waals surface area (Å²) in [6, 6.07) is 8.13. The fourth-order valence-corrected chi connectivity index (χ4v) is 1.67. The molecule has 0 radical (unpaired) electrons. The third kappa shape index (κ3) is 2.62. The summed E-state index contributed by atoms with van der Waals surface area (Å²) >= 11 is 0. The van der Waals surface area contributed by atoms with Gasteiger partial charge in [0.25, 0.3) is 0 Å². The molecule has 2 rings (SSSR count). The van der Waals surface area contributed by atoms with E-state index in [1.807, 2.05) is 13.0 Å². The summed E-state index contributed by atoms with van der Waals surface area (Å²) in [5.41, 5.74) is 7.88. The number of aryl methyl sites for hydroxylation is 1. The predicted molar refractivity (Wildman–Crippen MR) is 69.1 cm³/mol. The zero-order valence-corrected chi connectivity index (χ0v) is 10.4. The first-order valence-corrected chi connectivity index (χ1v) is 5.64. The Morgan fingerprint density at radius 3 is 2.72 bits per heavy atom. The first-order valence-electron chi connectivity index (χ1n) is 5.64. The standard InChI is InChI=1S/C13H15FN4/c1-9-6-11(8-15)17-13(16-9)18(2)12-5-3-4-10(14)7-12/h3-7H,8,15H2,1-2H3. The number of rotatable bonds is 3. The maximum absolute atomic E-state index is 13.2. The average molecular weight is 246 g/mol. The third-order valence-corrected chi connectivity index (χ3v) is 2.60. The molecule has 94 valence electrons. The van der Waals surface area contributed by atoms with E-state index in [1.54, 1.807) is 24.1 Å². The molecule has 0 bridgehead atoms. The Morgan fingerprint density at radius 1 is 1.28 bits per heavy atom. The molecule has 5 heteroatoms. The largest absolute Gasteiger partial charge is 0.325 e. The minimum atomic E-state index is -0.286. The van der Waals surface area contributed by atoms with Crippen LogP contribution in [0.2, 0.25) is 0 Å². The number of hydrogen-bond acceptors (Lipinski definition) is 4. The van der Waals surface area contributed by atoms with E-state index in [2.05, 4.69) is 9.97 Å². The van der Waals surface area contributed by atoms with Crippen LogP contribution in [0, 0.1) is 12.7 Å². The average Bonchev–Trinajstić information content (AvgIpc) is 2.37. The van der Waals surface area contributed by atoms with Gasteiger partial charge in [-0.2, -0.15) is 0 Å². The molecule has 18 heavy (non-hydrogen) atoms. The van der Waals surface area contributed by atoms with Crippen LogP contribution in [0.4, 0.5) is 16.0 Å². The van der Waals surface area contributed by atoms with Crippen molar-refractivity contribution >= 4 is 11.6 Å². The lowest BCUT2D eigenvalue weighted by molar-refractivity contribution is 0.628. The van der Waals surface area contributed by atoms with Crippen LogP contribution < -0.4 is 10.6 Å². The Bertz CT molecular complexity index is 556. The van der Waals surface area contributed by atoms with E-state index in [1.165, 1.54) is 12.1 Å². The monoisotopic (exact) mass is 246 g/mol. The van der Waals surface area contributed by atoms with Crippen molar-refractivity contribution in [3.63, 3.8) is 0 Å². The van der Waals surface area contributed by atoms with E-state index in [0.717, 1.165) is 11.4 Å². The van der Waals surface area contributed by atoms with Crippen molar-refractivity contribution in [1.29, 1.82) is 0 Å². The molecule has 0 aliphatic rings. The van der Waals surface area contributed by atoms with Gasteiger partial charge in [-0.3, -0.25) is 0 Å². The number of anilines is 2. The van der Waals surface area contributed by atoms with E-state index < -0.39 is 0 Å². The van der Waals surface area contributed by atoms with Gasteiger partial charge < -0.3 is 10.6 Å². The topological polar surface area (TPSA) is 55.0 Å². The second kappa shape index (κ2) is 5.10. The predicted octanol–water partition coefficient (Wildman–Crippen LogP) is 2.15. The van der Waals surface area contributed by atoms with Crippen molar-refractivity contribution in [1.82, 2.24) is 9.97 Å². The number of nitrogens with two attached hydrogens (primary N) is 1. The van der Waals surface area contributed by atoms with Gasteiger partial charge in [-0.25, -0.2) is 14.4 Å². The van der Waals surface area contributed by atoms with Gasteiger partial charge in [0.15, 0.2) is 0 Å². The second-order valence-corrected chi connectivity index (χ2v) is 4.04. The summed E-state index contributed by atoms with van der Waals surface area (Å²) in [5, 5.41) is 0. The van der Waals surface area contributed by atoms with Gasteiger partial charge >= 0.3 is 0 Å². The maximum Gasteiger partial charge on any atom is 0.230 e. The minimum absolute atomic E-state index is 0.286. The second-order valence-electron chi connectivity index (χ2n) is 4.04. The highest BCUT2D eigenvalue weighted by molar-refractivity contribution is 5.56. The van der Waals surface area contributed by atoms with Crippen LogP contribution in [-0.4, -0.2) is 17.0 Å². The molecule has 2 N–H and O–H groups in total. The number of hydrogen-bond donors (Lipinski definition) is 1. The van der Waals surface area contributed by atoms with Crippen LogP contribution in [0.1, 0.15) is 11.4 Å². The molecule has 0 atom stereocenters. The normalized spacial score (nSPS) is 10.4. The van der Waals surface area contributed by atoms with Crippen molar-refractivity contribution in [2.24, 2.45) is 5.73 Å². The molecular formula is C13H15FN4. The Morgan fingerprint density at radius 2 is 2.06 bits per heavy atom. The quantitative estimate of drug-likeness (QED) is 0.901. The van der Waals surface area contributed by atoms with Crippen molar-refractivity contribution in [3.8, 4) is 0 Å². The van der Waals surface area contributed by atoms with Crippen molar-refractivity contribution in [2.75, 3.05) is 11.9 Å². The van der Waals surface area contributed by atoms with Gasteiger partial charge in [-0.1, -0.05) is 6.07 Å². The molecule has 0 saturated carbocycles. The summed E-state index contributed by atoms with van der Waals surface area (Å²) in [6.07, 6.45) is 0. The van der Waals surface area contributed by atoms with E-state index in [-0.39, 0.29) is 5.82 Å². The van der Waals surface area contributed by atoms with Gasteiger partial charge in [0, 0.05) is 25.0 Å². The summed E-state index contributed by atoms with van der Waals surface area (Å²) in [6.45, 7) is 2.23. The molecule has 2 aromatic rings. The van der Waals surface area contributed by atoms with Crippen LogP contribution in [0.15, 0.2) is 30.3 Å². The van der Waals surface area contributed by atoms with Crippen LogP contribution in [0.3, 0.4) is 0 Å². The Balaban J connectivity index is 2.39. The first-order chi connectivity index (χ1) is 8.60. The molecule has 1 aromatic carbocycles. The van der Waals surface area contributed by atoms with E-state index in [4.69, 9.17) is 5.73 Å². The number of benzene rings is 1. The molecule has 4 nitrogen and oxygen atoms in total. The minimum Gasteiger partial charge on any atom is -0.325 e. The van der Waals surface area contributed by atoms with Crippen LogP contribution in [-0.2, 0) is 6.54 Å². The molecule has 0 spiro atoms. The van der Waals surface area contributed by atoms with Crippen LogP contribution in [0.5, 0.6) is 0 Å². The molecule has 0 unspecified atom stereocenters. The van der Waals surface area contributed by atoms with Gasteiger partial charge in [-0.15, -0.1) is 0 Å². The number of halogens is 1. The highest BCUT2D eigenvalue weighted by Gasteiger charge is 2.09. The first kappa shape index (κ1) is 12.4. The van der Waals surface area contributed by atoms with E-state index in [0.29, 0.717) is 18.2 Å². The Kier molecular flexibility index (Phi) is 3.53. The fourth-order valence-electron chi connectivity index (χ4n) is 1.67.